The Hall–Kier alpha value is -2.75. The molecule has 1 atom stereocenters. The van der Waals surface area contributed by atoms with Crippen molar-refractivity contribution in [2.24, 2.45) is 13.0 Å². The molecule has 0 aliphatic heterocycles. The largest absolute Gasteiger partial charge is 0.489 e. The van der Waals surface area contributed by atoms with E-state index < -0.39 is 0 Å². The second-order valence-electron chi connectivity index (χ2n) is 6.79. The quantitative estimate of drug-likeness (QED) is 0.653. The first-order chi connectivity index (χ1) is 12.7. The van der Waals surface area contributed by atoms with Crippen LogP contribution in [0.15, 0.2) is 48.5 Å². The van der Waals surface area contributed by atoms with E-state index in [9.17, 15) is 4.79 Å². The zero-order valence-corrected chi connectivity index (χ0v) is 15.2. The Kier molecular flexibility index (Phi) is 4.41. The molecular weight excluding hydrogens is 326 g/mol. The summed E-state index contributed by atoms with van der Waals surface area (Å²) in [4.78, 5) is 12.1. The highest BCUT2D eigenvalue weighted by Gasteiger charge is 2.32. The van der Waals surface area contributed by atoms with Crippen LogP contribution in [0.25, 0.3) is 10.9 Å². The standard InChI is InChI=1S/C22H23NO3/c1-3-25-22(24)16-11-18-19-13-17(26-14-15-7-5-4-6-8-15)9-10-20(19)23(2)21(18)12-16/h4-10,13,16H,3,11-12,14H2,1-2H3. The fraction of sp³-hybridized carbons (Fsp3) is 0.318. The molecule has 26 heavy (non-hydrogen) atoms. The number of rotatable bonds is 5. The molecule has 0 saturated heterocycles. The maximum Gasteiger partial charge on any atom is 0.309 e. The summed E-state index contributed by atoms with van der Waals surface area (Å²) in [5.74, 6) is 0.701. The maximum absolute atomic E-state index is 12.1. The van der Waals surface area contributed by atoms with Crippen LogP contribution in [0.1, 0.15) is 23.7 Å². The molecule has 4 nitrogen and oxygen atoms in total. The summed E-state index contributed by atoms with van der Waals surface area (Å²) in [6.07, 6.45) is 1.49. The van der Waals surface area contributed by atoms with Crippen molar-refractivity contribution in [3.8, 4) is 5.75 Å². The number of hydrogen-bond acceptors (Lipinski definition) is 3. The second kappa shape index (κ2) is 6.87. The van der Waals surface area contributed by atoms with Crippen molar-refractivity contribution in [2.75, 3.05) is 6.61 Å². The fourth-order valence-corrected chi connectivity index (χ4v) is 3.85. The third-order valence-electron chi connectivity index (χ3n) is 5.17. The molecule has 4 heteroatoms. The molecule has 4 rings (SSSR count). The number of esters is 1. The van der Waals surface area contributed by atoms with Gasteiger partial charge in [-0.05, 0) is 42.7 Å². The zero-order chi connectivity index (χ0) is 18.1. The summed E-state index contributed by atoms with van der Waals surface area (Å²) in [5.41, 5.74) is 4.82. The lowest BCUT2D eigenvalue weighted by atomic mass is 10.0. The highest BCUT2D eigenvalue weighted by atomic mass is 16.5. The molecule has 1 heterocycles. The predicted octanol–water partition coefficient (Wildman–Crippen LogP) is 4.04. The molecule has 1 aliphatic rings. The fourth-order valence-electron chi connectivity index (χ4n) is 3.85. The van der Waals surface area contributed by atoms with E-state index in [2.05, 4.69) is 35.9 Å². The van der Waals surface area contributed by atoms with Crippen molar-refractivity contribution < 1.29 is 14.3 Å². The normalized spacial score (nSPS) is 15.8. The number of carbonyl (C=O) groups is 1. The molecule has 0 radical (unpaired) electrons. The number of hydrogen-bond donors (Lipinski definition) is 0. The van der Waals surface area contributed by atoms with E-state index >= 15 is 0 Å². The average molecular weight is 349 g/mol. The molecule has 0 N–H and O–H groups in total. The summed E-state index contributed by atoms with van der Waals surface area (Å²) >= 11 is 0. The van der Waals surface area contributed by atoms with Gasteiger partial charge < -0.3 is 14.0 Å². The van der Waals surface area contributed by atoms with Gasteiger partial charge in [-0.1, -0.05) is 30.3 Å². The van der Waals surface area contributed by atoms with E-state index in [1.807, 2.05) is 31.2 Å². The van der Waals surface area contributed by atoms with Crippen LogP contribution < -0.4 is 4.74 Å². The highest BCUT2D eigenvalue weighted by molar-refractivity contribution is 5.89. The molecule has 2 aromatic carbocycles. The summed E-state index contributed by atoms with van der Waals surface area (Å²) in [6, 6.07) is 16.4. The van der Waals surface area contributed by atoms with E-state index in [1.165, 1.54) is 22.2 Å². The Morgan fingerprint density at radius 2 is 1.96 bits per heavy atom. The van der Waals surface area contributed by atoms with Crippen LogP contribution >= 0.6 is 0 Å². The third kappa shape index (κ3) is 2.96. The van der Waals surface area contributed by atoms with Crippen molar-refractivity contribution in [3.63, 3.8) is 0 Å². The third-order valence-corrected chi connectivity index (χ3v) is 5.17. The molecule has 0 bridgehead atoms. The van der Waals surface area contributed by atoms with Gasteiger partial charge in [0.25, 0.3) is 0 Å². The molecule has 1 unspecified atom stereocenters. The van der Waals surface area contributed by atoms with E-state index in [0.717, 1.165) is 24.2 Å². The van der Waals surface area contributed by atoms with Gasteiger partial charge in [-0.15, -0.1) is 0 Å². The number of fused-ring (bicyclic) bond motifs is 3. The Morgan fingerprint density at radius 3 is 2.73 bits per heavy atom. The van der Waals surface area contributed by atoms with Gasteiger partial charge in [-0.25, -0.2) is 0 Å². The Morgan fingerprint density at radius 1 is 1.15 bits per heavy atom. The molecule has 134 valence electrons. The van der Waals surface area contributed by atoms with Gasteiger partial charge in [-0.3, -0.25) is 4.79 Å². The number of aromatic nitrogens is 1. The minimum atomic E-state index is -0.0895. The van der Waals surface area contributed by atoms with E-state index in [4.69, 9.17) is 9.47 Å². The van der Waals surface area contributed by atoms with Gasteiger partial charge in [0.2, 0.25) is 0 Å². The number of ether oxygens (including phenoxy) is 2. The molecule has 0 spiro atoms. The average Bonchev–Trinajstić information content (AvgIpc) is 3.21. The van der Waals surface area contributed by atoms with E-state index in [-0.39, 0.29) is 11.9 Å². The number of carbonyl (C=O) groups excluding carboxylic acids is 1. The van der Waals surface area contributed by atoms with Crippen molar-refractivity contribution in [1.29, 1.82) is 0 Å². The predicted molar refractivity (Wildman–Crippen MR) is 101 cm³/mol. The van der Waals surface area contributed by atoms with Crippen LogP contribution in [0.2, 0.25) is 0 Å². The maximum atomic E-state index is 12.1. The molecule has 0 amide bonds. The van der Waals surface area contributed by atoms with Gasteiger partial charge in [0, 0.05) is 30.1 Å². The first-order valence-electron chi connectivity index (χ1n) is 9.11. The molecule has 1 aromatic heterocycles. The van der Waals surface area contributed by atoms with Gasteiger partial charge in [0.1, 0.15) is 12.4 Å². The van der Waals surface area contributed by atoms with Crippen LogP contribution in [0.4, 0.5) is 0 Å². The summed E-state index contributed by atoms with van der Waals surface area (Å²) in [6.45, 7) is 2.84. The SMILES string of the molecule is CCOC(=O)C1Cc2c(n(C)c3ccc(OCc4ccccc4)cc23)C1. The molecule has 1 aliphatic carbocycles. The van der Waals surface area contributed by atoms with Crippen LogP contribution in [-0.2, 0) is 36.0 Å². The van der Waals surface area contributed by atoms with Crippen molar-refractivity contribution >= 4 is 16.9 Å². The van der Waals surface area contributed by atoms with Crippen LogP contribution in [0.5, 0.6) is 5.75 Å². The van der Waals surface area contributed by atoms with Gasteiger partial charge in [0.15, 0.2) is 0 Å². The monoisotopic (exact) mass is 349 g/mol. The topological polar surface area (TPSA) is 40.5 Å². The molecular formula is C22H23NO3. The number of nitrogens with zero attached hydrogens (tertiary/aromatic N) is 1. The zero-order valence-electron chi connectivity index (χ0n) is 15.2. The van der Waals surface area contributed by atoms with E-state index in [0.29, 0.717) is 13.2 Å². The molecule has 0 saturated carbocycles. The van der Waals surface area contributed by atoms with Crippen LogP contribution in [0.3, 0.4) is 0 Å². The smallest absolute Gasteiger partial charge is 0.309 e. The highest BCUT2D eigenvalue weighted by Crippen LogP contribution is 2.37. The summed E-state index contributed by atoms with van der Waals surface area (Å²) in [7, 11) is 2.07. The van der Waals surface area contributed by atoms with Gasteiger partial charge in [-0.2, -0.15) is 0 Å². The first kappa shape index (κ1) is 16.7. The number of aryl methyl sites for hydroxylation is 1. The number of benzene rings is 2. The van der Waals surface area contributed by atoms with Gasteiger partial charge >= 0.3 is 5.97 Å². The Balaban J connectivity index is 1.59. The van der Waals surface area contributed by atoms with Crippen LogP contribution in [-0.4, -0.2) is 17.1 Å². The van der Waals surface area contributed by atoms with Crippen LogP contribution in [0, 0.1) is 5.92 Å². The van der Waals surface area contributed by atoms with Crippen molar-refractivity contribution in [2.45, 2.75) is 26.4 Å². The van der Waals surface area contributed by atoms with Crippen molar-refractivity contribution in [3.05, 3.63) is 65.4 Å². The lowest BCUT2D eigenvalue weighted by Crippen LogP contribution is -2.18. The summed E-state index contributed by atoms with van der Waals surface area (Å²) < 4.78 is 13.4. The molecule has 3 aromatic rings. The molecule has 0 fully saturated rings. The van der Waals surface area contributed by atoms with E-state index in [1.54, 1.807) is 0 Å². The first-order valence-corrected chi connectivity index (χ1v) is 9.11. The minimum absolute atomic E-state index is 0.0653. The minimum Gasteiger partial charge on any atom is -0.489 e. The lowest BCUT2D eigenvalue weighted by Gasteiger charge is -2.10. The van der Waals surface area contributed by atoms with Crippen molar-refractivity contribution in [1.82, 2.24) is 4.57 Å². The summed E-state index contributed by atoms with van der Waals surface area (Å²) in [5, 5.41) is 1.18. The Labute approximate surface area is 153 Å². The Bertz CT molecular complexity index is 943. The second-order valence-corrected chi connectivity index (χ2v) is 6.79. The lowest BCUT2D eigenvalue weighted by molar-refractivity contribution is -0.147. The van der Waals surface area contributed by atoms with Gasteiger partial charge in [0.05, 0.1) is 12.5 Å².